The fraction of sp³-hybridized carbons (Fsp3) is 0.0833. The Hall–Kier alpha value is -1.39. The first-order chi connectivity index (χ1) is 8.19. The van der Waals surface area contributed by atoms with Crippen molar-refractivity contribution in [2.45, 2.75) is 4.90 Å². The summed E-state index contributed by atoms with van der Waals surface area (Å²) in [5, 5.41) is 3.57. The Morgan fingerprint density at radius 1 is 1.29 bits per heavy atom. The van der Waals surface area contributed by atoms with Crippen LogP contribution in [0.25, 0.3) is 0 Å². The third kappa shape index (κ3) is 3.05. The molecule has 0 atom stereocenters. The molecule has 88 valence electrons. The van der Waals surface area contributed by atoms with Gasteiger partial charge >= 0.3 is 0 Å². The van der Waals surface area contributed by atoms with Gasteiger partial charge in [0.25, 0.3) is 0 Å². The molecule has 1 aromatic carbocycles. The molecule has 0 radical (unpaired) electrons. The zero-order valence-corrected chi connectivity index (χ0v) is 10.8. The van der Waals surface area contributed by atoms with Crippen molar-refractivity contribution in [3.8, 4) is 0 Å². The van der Waals surface area contributed by atoms with E-state index in [0.29, 0.717) is 16.7 Å². The van der Waals surface area contributed by atoms with Gasteiger partial charge in [0, 0.05) is 10.6 Å². The molecule has 2 aromatic rings. The molecule has 0 aliphatic carbocycles. The number of pyridine rings is 1. The number of aromatic nitrogens is 1. The number of anilines is 3. The normalized spacial score (nSPS) is 10.2. The monoisotopic (exact) mass is 265 g/mol. The van der Waals surface area contributed by atoms with Gasteiger partial charge in [0.2, 0.25) is 0 Å². The van der Waals surface area contributed by atoms with Crippen LogP contribution in [0.5, 0.6) is 0 Å². The highest BCUT2D eigenvalue weighted by Gasteiger charge is 2.03. The van der Waals surface area contributed by atoms with Crippen molar-refractivity contribution in [1.29, 1.82) is 0 Å². The lowest BCUT2D eigenvalue weighted by molar-refractivity contribution is 1.30. The van der Waals surface area contributed by atoms with Gasteiger partial charge in [-0.05, 0) is 36.6 Å². The Balaban J connectivity index is 2.27. The molecule has 1 aromatic heterocycles. The predicted molar refractivity (Wildman–Crippen MR) is 75.2 cm³/mol. The minimum atomic E-state index is 0.419. The van der Waals surface area contributed by atoms with Crippen LogP contribution in [0.2, 0.25) is 5.15 Å². The first kappa shape index (κ1) is 12.1. The lowest BCUT2D eigenvalue weighted by atomic mass is 10.3. The quantitative estimate of drug-likeness (QED) is 0.655. The van der Waals surface area contributed by atoms with Crippen molar-refractivity contribution in [3.05, 3.63) is 41.6 Å². The average molecular weight is 266 g/mol. The van der Waals surface area contributed by atoms with Crippen LogP contribution in [0.1, 0.15) is 0 Å². The standard InChI is InChI=1S/C12H12ClN3S/c1-17-9-4-2-3-8(7-9)15-12-10(14)5-6-11(13)16-12/h2-7H,14H2,1H3,(H,15,16). The molecule has 0 spiro atoms. The highest BCUT2D eigenvalue weighted by Crippen LogP contribution is 2.25. The first-order valence-corrected chi connectivity index (χ1v) is 6.62. The largest absolute Gasteiger partial charge is 0.396 e. The zero-order valence-electron chi connectivity index (χ0n) is 9.27. The van der Waals surface area contributed by atoms with Gasteiger partial charge in [-0.1, -0.05) is 17.7 Å². The molecule has 17 heavy (non-hydrogen) atoms. The number of nitrogen functional groups attached to an aromatic ring is 1. The van der Waals surface area contributed by atoms with Crippen LogP contribution in [0.3, 0.4) is 0 Å². The van der Waals surface area contributed by atoms with Crippen LogP contribution < -0.4 is 11.1 Å². The Kier molecular flexibility index (Phi) is 3.76. The topological polar surface area (TPSA) is 50.9 Å². The van der Waals surface area contributed by atoms with E-state index < -0.39 is 0 Å². The van der Waals surface area contributed by atoms with Gasteiger partial charge in [-0.2, -0.15) is 0 Å². The molecule has 5 heteroatoms. The second-order valence-electron chi connectivity index (χ2n) is 3.43. The van der Waals surface area contributed by atoms with Crippen LogP contribution in [0, 0.1) is 0 Å². The molecule has 2 rings (SSSR count). The Bertz CT molecular complexity index is 531. The van der Waals surface area contributed by atoms with Crippen LogP contribution >= 0.6 is 23.4 Å². The highest BCUT2D eigenvalue weighted by atomic mass is 35.5. The van der Waals surface area contributed by atoms with Crippen LogP contribution in [-0.4, -0.2) is 11.2 Å². The summed E-state index contributed by atoms with van der Waals surface area (Å²) in [6, 6.07) is 11.4. The molecule has 3 nitrogen and oxygen atoms in total. The molecule has 0 amide bonds. The van der Waals surface area contributed by atoms with E-state index in [1.807, 2.05) is 30.5 Å². The van der Waals surface area contributed by atoms with Crippen LogP contribution in [-0.2, 0) is 0 Å². The first-order valence-electron chi connectivity index (χ1n) is 5.02. The van der Waals surface area contributed by atoms with Crippen molar-refractivity contribution in [1.82, 2.24) is 4.98 Å². The van der Waals surface area contributed by atoms with Crippen molar-refractivity contribution in [2.24, 2.45) is 0 Å². The molecule has 0 unspecified atom stereocenters. The average Bonchev–Trinajstić information content (AvgIpc) is 2.34. The molecule has 0 aliphatic heterocycles. The Labute approximate surface area is 109 Å². The summed E-state index contributed by atoms with van der Waals surface area (Å²) in [7, 11) is 0. The third-order valence-electron chi connectivity index (χ3n) is 2.22. The van der Waals surface area contributed by atoms with E-state index in [1.54, 1.807) is 23.9 Å². The highest BCUT2D eigenvalue weighted by molar-refractivity contribution is 7.98. The predicted octanol–water partition coefficient (Wildman–Crippen LogP) is 3.78. The van der Waals surface area contributed by atoms with Crippen molar-refractivity contribution < 1.29 is 0 Å². The maximum Gasteiger partial charge on any atom is 0.155 e. The van der Waals surface area contributed by atoms with E-state index >= 15 is 0 Å². The maximum atomic E-state index is 5.83. The molecule has 3 N–H and O–H groups in total. The van der Waals surface area contributed by atoms with Gasteiger partial charge in [0.15, 0.2) is 5.82 Å². The summed E-state index contributed by atoms with van der Waals surface area (Å²) in [6.07, 6.45) is 2.03. The van der Waals surface area contributed by atoms with Gasteiger partial charge in [0.05, 0.1) is 5.69 Å². The minimum Gasteiger partial charge on any atom is -0.396 e. The second kappa shape index (κ2) is 5.29. The SMILES string of the molecule is CSc1cccc(Nc2nc(Cl)ccc2N)c1. The summed E-state index contributed by atoms with van der Waals surface area (Å²) < 4.78 is 0. The van der Waals surface area contributed by atoms with Crippen molar-refractivity contribution in [3.63, 3.8) is 0 Å². The Morgan fingerprint density at radius 3 is 2.88 bits per heavy atom. The van der Waals surface area contributed by atoms with Crippen LogP contribution in [0.15, 0.2) is 41.3 Å². The number of hydrogen-bond acceptors (Lipinski definition) is 4. The van der Waals surface area contributed by atoms with Crippen LogP contribution in [0.4, 0.5) is 17.2 Å². The molecule has 0 aliphatic rings. The smallest absolute Gasteiger partial charge is 0.155 e. The fourth-order valence-electron chi connectivity index (χ4n) is 1.38. The van der Waals surface area contributed by atoms with Gasteiger partial charge < -0.3 is 11.1 Å². The van der Waals surface area contributed by atoms with Gasteiger partial charge in [-0.3, -0.25) is 0 Å². The molecule has 0 fully saturated rings. The number of rotatable bonds is 3. The van der Waals surface area contributed by atoms with E-state index in [9.17, 15) is 0 Å². The number of nitrogens with two attached hydrogens (primary N) is 1. The van der Waals surface area contributed by atoms with Gasteiger partial charge in [-0.25, -0.2) is 4.98 Å². The van der Waals surface area contributed by atoms with E-state index in [0.717, 1.165) is 5.69 Å². The maximum absolute atomic E-state index is 5.83. The molecular weight excluding hydrogens is 254 g/mol. The third-order valence-corrected chi connectivity index (χ3v) is 3.16. The molecular formula is C12H12ClN3S. The summed E-state index contributed by atoms with van der Waals surface area (Å²) in [6.45, 7) is 0. The number of nitrogens with zero attached hydrogens (tertiary/aromatic N) is 1. The van der Waals surface area contributed by atoms with E-state index in [-0.39, 0.29) is 0 Å². The number of halogens is 1. The number of nitrogens with one attached hydrogen (secondary N) is 1. The number of benzene rings is 1. The lowest BCUT2D eigenvalue weighted by Gasteiger charge is -2.09. The van der Waals surface area contributed by atoms with E-state index in [4.69, 9.17) is 17.3 Å². The zero-order chi connectivity index (χ0) is 12.3. The molecule has 0 bridgehead atoms. The fourth-order valence-corrected chi connectivity index (χ4v) is 1.99. The van der Waals surface area contributed by atoms with E-state index in [1.165, 1.54) is 4.90 Å². The summed E-state index contributed by atoms with van der Waals surface area (Å²) >= 11 is 7.51. The van der Waals surface area contributed by atoms with Gasteiger partial charge in [-0.15, -0.1) is 11.8 Å². The van der Waals surface area contributed by atoms with Crippen molar-refractivity contribution in [2.75, 3.05) is 17.3 Å². The summed E-state index contributed by atoms with van der Waals surface area (Å²) in [5.74, 6) is 0.579. The lowest BCUT2D eigenvalue weighted by Crippen LogP contribution is -1.99. The molecule has 0 saturated carbocycles. The number of hydrogen-bond donors (Lipinski definition) is 2. The van der Waals surface area contributed by atoms with Gasteiger partial charge in [0.1, 0.15) is 5.15 Å². The molecule has 0 saturated heterocycles. The van der Waals surface area contributed by atoms with Crippen molar-refractivity contribution >= 4 is 40.6 Å². The minimum absolute atomic E-state index is 0.419. The summed E-state index contributed by atoms with van der Waals surface area (Å²) in [5.41, 5.74) is 7.33. The Morgan fingerprint density at radius 2 is 2.12 bits per heavy atom. The number of thioether (sulfide) groups is 1. The molecule has 1 heterocycles. The summed E-state index contributed by atoms with van der Waals surface area (Å²) in [4.78, 5) is 5.32. The van der Waals surface area contributed by atoms with E-state index in [2.05, 4.69) is 10.3 Å². The second-order valence-corrected chi connectivity index (χ2v) is 4.70.